The van der Waals surface area contributed by atoms with Crippen molar-refractivity contribution in [3.05, 3.63) is 66.2 Å². The van der Waals surface area contributed by atoms with Gasteiger partial charge < -0.3 is 5.32 Å². The van der Waals surface area contributed by atoms with Crippen LogP contribution in [-0.4, -0.2) is 26.1 Å². The van der Waals surface area contributed by atoms with Crippen LogP contribution < -0.4 is 5.32 Å². The van der Waals surface area contributed by atoms with Crippen molar-refractivity contribution in [1.82, 2.24) is 24.9 Å². The van der Waals surface area contributed by atoms with E-state index in [2.05, 4.69) is 28.6 Å². The van der Waals surface area contributed by atoms with Crippen LogP contribution >= 0.6 is 0 Å². The maximum atomic E-state index is 4.48. The van der Waals surface area contributed by atoms with E-state index in [4.69, 9.17) is 0 Å². The van der Waals surface area contributed by atoms with E-state index in [1.807, 2.05) is 65.2 Å². The summed E-state index contributed by atoms with van der Waals surface area (Å²) in [6.45, 7) is 2.98. The van der Waals surface area contributed by atoms with Crippen LogP contribution in [0.4, 0.5) is 0 Å². The van der Waals surface area contributed by atoms with Crippen LogP contribution in [0.1, 0.15) is 24.2 Å². The second-order valence-corrected chi connectivity index (χ2v) is 4.92. The predicted octanol–water partition coefficient (Wildman–Crippen LogP) is 2.30. The minimum atomic E-state index is 0.0972. The second kappa shape index (κ2) is 5.93. The molecule has 0 bridgehead atoms. The van der Waals surface area contributed by atoms with Gasteiger partial charge in [-0.3, -0.25) is 4.68 Å². The summed E-state index contributed by atoms with van der Waals surface area (Å²) in [6, 6.07) is 12.3. The van der Waals surface area contributed by atoms with Crippen LogP contribution in [0.25, 0.3) is 5.69 Å². The summed E-state index contributed by atoms with van der Waals surface area (Å²) in [5, 5.41) is 12.2. The van der Waals surface area contributed by atoms with E-state index in [9.17, 15) is 0 Å². The Kier molecular flexibility index (Phi) is 3.83. The molecule has 2 aromatic heterocycles. The summed E-state index contributed by atoms with van der Waals surface area (Å²) >= 11 is 0. The van der Waals surface area contributed by atoms with Gasteiger partial charge in [-0.25, -0.2) is 4.68 Å². The van der Waals surface area contributed by atoms with Gasteiger partial charge in [-0.2, -0.15) is 10.2 Å². The molecule has 0 fully saturated rings. The molecule has 0 radical (unpaired) electrons. The predicted molar refractivity (Wildman–Crippen MR) is 82.3 cm³/mol. The van der Waals surface area contributed by atoms with E-state index in [1.54, 1.807) is 0 Å². The van der Waals surface area contributed by atoms with Gasteiger partial charge in [-0.05, 0) is 24.7 Å². The molecule has 0 saturated heterocycles. The molecule has 5 nitrogen and oxygen atoms in total. The largest absolute Gasteiger partial charge is 0.305 e. The average molecular weight is 281 g/mol. The molecule has 0 aliphatic rings. The smallest absolute Gasteiger partial charge is 0.0778 e. The van der Waals surface area contributed by atoms with Crippen LogP contribution in [0, 0.1) is 0 Å². The quantitative estimate of drug-likeness (QED) is 0.780. The number of hydrogen-bond acceptors (Lipinski definition) is 3. The molecule has 5 heteroatoms. The van der Waals surface area contributed by atoms with Crippen molar-refractivity contribution in [3.8, 4) is 5.69 Å². The van der Waals surface area contributed by atoms with Crippen molar-refractivity contribution in [2.45, 2.75) is 13.0 Å². The SMILES string of the molecule is CCNC(c1cnn(-c2ccccc2)c1)c1ccnn1C. The summed E-state index contributed by atoms with van der Waals surface area (Å²) in [5.74, 6) is 0. The normalized spacial score (nSPS) is 12.5. The number of aryl methyl sites for hydroxylation is 1. The fourth-order valence-corrected chi connectivity index (χ4v) is 2.47. The van der Waals surface area contributed by atoms with Gasteiger partial charge in [0, 0.05) is 25.0 Å². The van der Waals surface area contributed by atoms with Gasteiger partial charge in [0.2, 0.25) is 0 Å². The first-order valence-electron chi connectivity index (χ1n) is 7.11. The van der Waals surface area contributed by atoms with Crippen LogP contribution in [-0.2, 0) is 7.05 Å². The Balaban J connectivity index is 1.95. The van der Waals surface area contributed by atoms with Crippen LogP contribution in [0.5, 0.6) is 0 Å². The fraction of sp³-hybridized carbons (Fsp3) is 0.250. The Bertz CT molecular complexity index is 698. The Morgan fingerprint density at radius 1 is 1.14 bits per heavy atom. The Hall–Kier alpha value is -2.40. The molecule has 1 unspecified atom stereocenters. The second-order valence-electron chi connectivity index (χ2n) is 4.92. The minimum Gasteiger partial charge on any atom is -0.305 e. The molecule has 3 rings (SSSR count). The molecule has 108 valence electrons. The van der Waals surface area contributed by atoms with E-state index >= 15 is 0 Å². The third-order valence-electron chi connectivity index (χ3n) is 3.52. The summed E-state index contributed by atoms with van der Waals surface area (Å²) in [6.07, 6.45) is 5.80. The Labute approximate surface area is 124 Å². The van der Waals surface area contributed by atoms with Gasteiger partial charge in [-0.1, -0.05) is 25.1 Å². The molecule has 1 atom stereocenters. The molecule has 3 aromatic rings. The zero-order chi connectivity index (χ0) is 14.7. The molecular formula is C16H19N5. The number of benzene rings is 1. The molecule has 0 aliphatic heterocycles. The Morgan fingerprint density at radius 3 is 2.62 bits per heavy atom. The maximum Gasteiger partial charge on any atom is 0.0778 e. The number of nitrogens with one attached hydrogen (secondary N) is 1. The molecule has 0 saturated carbocycles. The molecule has 2 heterocycles. The lowest BCUT2D eigenvalue weighted by molar-refractivity contribution is 0.572. The van der Waals surface area contributed by atoms with Crippen molar-refractivity contribution >= 4 is 0 Å². The highest BCUT2D eigenvalue weighted by Crippen LogP contribution is 2.21. The fourth-order valence-electron chi connectivity index (χ4n) is 2.47. The van der Waals surface area contributed by atoms with Gasteiger partial charge in [0.1, 0.15) is 0 Å². The van der Waals surface area contributed by atoms with Crippen LogP contribution in [0.3, 0.4) is 0 Å². The van der Waals surface area contributed by atoms with E-state index in [0.29, 0.717) is 0 Å². The zero-order valence-electron chi connectivity index (χ0n) is 12.3. The third-order valence-corrected chi connectivity index (χ3v) is 3.52. The molecule has 0 aliphatic carbocycles. The van der Waals surface area contributed by atoms with Crippen molar-refractivity contribution in [3.63, 3.8) is 0 Å². The van der Waals surface area contributed by atoms with Gasteiger partial charge in [-0.15, -0.1) is 0 Å². The summed E-state index contributed by atoms with van der Waals surface area (Å²) in [4.78, 5) is 0. The first-order chi connectivity index (χ1) is 10.3. The van der Waals surface area contributed by atoms with Crippen molar-refractivity contribution in [2.24, 2.45) is 7.05 Å². The number of nitrogens with zero attached hydrogens (tertiary/aromatic N) is 4. The third kappa shape index (κ3) is 2.73. The van der Waals surface area contributed by atoms with Gasteiger partial charge >= 0.3 is 0 Å². The average Bonchev–Trinajstić information content (AvgIpc) is 3.15. The lowest BCUT2D eigenvalue weighted by Crippen LogP contribution is -2.23. The summed E-state index contributed by atoms with van der Waals surface area (Å²) in [7, 11) is 1.96. The standard InChI is InChI=1S/C16H19N5/c1-3-17-16(15-9-10-18-20(15)2)13-11-19-21(12-13)14-7-5-4-6-8-14/h4-12,16-17H,3H2,1-2H3. The summed E-state index contributed by atoms with van der Waals surface area (Å²) < 4.78 is 3.79. The van der Waals surface area contributed by atoms with Crippen molar-refractivity contribution in [2.75, 3.05) is 6.54 Å². The highest BCUT2D eigenvalue weighted by molar-refractivity contribution is 5.33. The van der Waals surface area contributed by atoms with Crippen LogP contribution in [0.15, 0.2) is 55.0 Å². The van der Waals surface area contributed by atoms with Crippen LogP contribution in [0.2, 0.25) is 0 Å². The van der Waals surface area contributed by atoms with E-state index in [-0.39, 0.29) is 6.04 Å². The highest BCUT2D eigenvalue weighted by Gasteiger charge is 2.18. The molecule has 21 heavy (non-hydrogen) atoms. The number of rotatable bonds is 5. The first kappa shape index (κ1) is 13.6. The minimum absolute atomic E-state index is 0.0972. The zero-order valence-corrected chi connectivity index (χ0v) is 12.3. The van der Waals surface area contributed by atoms with Gasteiger partial charge in [0.05, 0.1) is 23.6 Å². The number of hydrogen-bond donors (Lipinski definition) is 1. The van der Waals surface area contributed by atoms with E-state index in [1.165, 1.54) is 0 Å². The van der Waals surface area contributed by atoms with E-state index in [0.717, 1.165) is 23.5 Å². The molecule has 0 amide bonds. The van der Waals surface area contributed by atoms with Gasteiger partial charge in [0.15, 0.2) is 0 Å². The van der Waals surface area contributed by atoms with Crippen molar-refractivity contribution in [1.29, 1.82) is 0 Å². The Morgan fingerprint density at radius 2 is 1.95 bits per heavy atom. The maximum absolute atomic E-state index is 4.48. The lowest BCUT2D eigenvalue weighted by Gasteiger charge is -2.16. The van der Waals surface area contributed by atoms with E-state index < -0.39 is 0 Å². The molecule has 1 N–H and O–H groups in total. The lowest BCUT2D eigenvalue weighted by atomic mass is 10.1. The van der Waals surface area contributed by atoms with Crippen molar-refractivity contribution < 1.29 is 0 Å². The monoisotopic (exact) mass is 281 g/mol. The molecular weight excluding hydrogens is 262 g/mol. The molecule has 1 aromatic carbocycles. The number of aromatic nitrogens is 4. The molecule has 0 spiro atoms. The topological polar surface area (TPSA) is 47.7 Å². The first-order valence-corrected chi connectivity index (χ1v) is 7.11. The number of para-hydroxylation sites is 1. The summed E-state index contributed by atoms with van der Waals surface area (Å²) in [5.41, 5.74) is 3.32. The highest BCUT2D eigenvalue weighted by atomic mass is 15.3. The van der Waals surface area contributed by atoms with Gasteiger partial charge in [0.25, 0.3) is 0 Å².